The summed E-state index contributed by atoms with van der Waals surface area (Å²) < 4.78 is 1.09. The fourth-order valence-corrected chi connectivity index (χ4v) is 1.93. The van der Waals surface area contributed by atoms with E-state index in [2.05, 4.69) is 33.1 Å². The van der Waals surface area contributed by atoms with Gasteiger partial charge in [-0.1, -0.05) is 11.8 Å². The Hall–Kier alpha value is -0.300. The second kappa shape index (κ2) is 4.55. The molecule has 0 aromatic carbocycles. The predicted octanol–water partition coefficient (Wildman–Crippen LogP) is 2.08. The molecular weight excluding hydrogens is 222 g/mol. The molecule has 1 heterocycles. The summed E-state index contributed by atoms with van der Waals surface area (Å²) in [6.07, 6.45) is 0. The van der Waals surface area contributed by atoms with Gasteiger partial charge in [-0.05, 0) is 34.4 Å². The molecule has 0 radical (unpaired) electrons. The van der Waals surface area contributed by atoms with Crippen LogP contribution < -0.4 is 5.32 Å². The number of rotatable bonds is 1. The molecule has 0 unspecified atom stereocenters. The van der Waals surface area contributed by atoms with Crippen molar-refractivity contribution in [2.45, 2.75) is 0 Å². The molecule has 1 aromatic rings. The third kappa shape index (κ3) is 2.66. The minimum absolute atomic E-state index is 0.740. The maximum Gasteiger partial charge on any atom is 0.0910 e. The highest BCUT2D eigenvalue weighted by Crippen LogP contribution is 2.20. The Balaban J connectivity index is 2.65. The quantitative estimate of drug-likeness (QED) is 0.728. The number of thiophene rings is 1. The normalized spacial score (nSPS) is 8.91. The van der Waals surface area contributed by atoms with Crippen LogP contribution in [0.5, 0.6) is 0 Å². The Bertz CT molecular complexity index is 282. The maximum absolute atomic E-state index is 3.41. The zero-order valence-corrected chi connectivity index (χ0v) is 8.55. The van der Waals surface area contributed by atoms with Crippen molar-refractivity contribution in [3.8, 4) is 11.8 Å². The zero-order chi connectivity index (χ0) is 8.10. The van der Waals surface area contributed by atoms with Crippen LogP contribution in [0.15, 0.2) is 15.9 Å². The first-order chi connectivity index (χ1) is 5.34. The van der Waals surface area contributed by atoms with Gasteiger partial charge in [0, 0.05) is 4.47 Å². The summed E-state index contributed by atoms with van der Waals surface area (Å²) in [5, 5.41) is 4.99. The van der Waals surface area contributed by atoms with Crippen molar-refractivity contribution < 1.29 is 0 Å². The molecule has 1 aromatic heterocycles. The lowest BCUT2D eigenvalue weighted by Gasteiger charge is -1.83. The molecule has 0 aliphatic heterocycles. The summed E-state index contributed by atoms with van der Waals surface area (Å²) in [5.74, 6) is 6.05. The summed E-state index contributed by atoms with van der Waals surface area (Å²) in [6.45, 7) is 0.740. The van der Waals surface area contributed by atoms with Gasteiger partial charge in [-0.2, -0.15) is 0 Å². The Morgan fingerprint density at radius 1 is 1.73 bits per heavy atom. The number of nitrogens with one attached hydrogen (secondary N) is 1. The Kier molecular flexibility index (Phi) is 3.64. The van der Waals surface area contributed by atoms with Crippen molar-refractivity contribution >= 4 is 27.3 Å². The van der Waals surface area contributed by atoms with E-state index < -0.39 is 0 Å². The SMILES string of the molecule is CNCC#Cc1sccc1Br. The molecule has 0 bridgehead atoms. The third-order valence-corrected chi connectivity index (χ3v) is 2.84. The van der Waals surface area contributed by atoms with Crippen LogP contribution in [0.25, 0.3) is 0 Å². The topological polar surface area (TPSA) is 12.0 Å². The average molecular weight is 230 g/mol. The number of halogens is 1. The smallest absolute Gasteiger partial charge is 0.0910 e. The molecule has 0 aliphatic rings. The van der Waals surface area contributed by atoms with Crippen molar-refractivity contribution in [3.63, 3.8) is 0 Å². The van der Waals surface area contributed by atoms with Gasteiger partial charge < -0.3 is 5.32 Å². The van der Waals surface area contributed by atoms with E-state index in [-0.39, 0.29) is 0 Å². The monoisotopic (exact) mass is 229 g/mol. The second-order valence-electron chi connectivity index (χ2n) is 1.93. The molecule has 0 fully saturated rings. The fourth-order valence-electron chi connectivity index (χ4n) is 0.596. The van der Waals surface area contributed by atoms with Crippen LogP contribution in [0.4, 0.5) is 0 Å². The van der Waals surface area contributed by atoms with Gasteiger partial charge in [0.25, 0.3) is 0 Å². The Labute approximate surface area is 78.9 Å². The summed E-state index contributed by atoms with van der Waals surface area (Å²) in [5.41, 5.74) is 0. The van der Waals surface area contributed by atoms with Crippen LogP contribution in [0.3, 0.4) is 0 Å². The highest BCUT2D eigenvalue weighted by molar-refractivity contribution is 9.10. The van der Waals surface area contributed by atoms with Gasteiger partial charge >= 0.3 is 0 Å². The maximum atomic E-state index is 3.41. The molecule has 0 saturated carbocycles. The van der Waals surface area contributed by atoms with E-state index >= 15 is 0 Å². The van der Waals surface area contributed by atoms with Crippen LogP contribution in [0.1, 0.15) is 4.88 Å². The standard InChI is InChI=1S/C8H8BrNS/c1-10-5-2-3-8-7(9)4-6-11-8/h4,6,10H,5H2,1H3. The molecule has 0 saturated heterocycles. The molecule has 3 heteroatoms. The highest BCUT2D eigenvalue weighted by atomic mass is 79.9. The lowest BCUT2D eigenvalue weighted by atomic mass is 10.4. The fraction of sp³-hybridized carbons (Fsp3) is 0.250. The van der Waals surface area contributed by atoms with E-state index in [4.69, 9.17) is 0 Å². The Morgan fingerprint density at radius 3 is 3.09 bits per heavy atom. The van der Waals surface area contributed by atoms with E-state index in [1.165, 1.54) is 0 Å². The molecule has 0 aliphatic carbocycles. The van der Waals surface area contributed by atoms with E-state index in [1.54, 1.807) is 11.3 Å². The molecule has 58 valence electrons. The van der Waals surface area contributed by atoms with Gasteiger partial charge in [-0.3, -0.25) is 0 Å². The number of hydrogen-bond donors (Lipinski definition) is 1. The second-order valence-corrected chi connectivity index (χ2v) is 3.70. The van der Waals surface area contributed by atoms with Gasteiger partial charge in [0.1, 0.15) is 0 Å². The van der Waals surface area contributed by atoms with Crippen LogP contribution in [-0.2, 0) is 0 Å². The van der Waals surface area contributed by atoms with E-state index in [0.717, 1.165) is 15.9 Å². The van der Waals surface area contributed by atoms with Crippen molar-refractivity contribution in [3.05, 3.63) is 20.8 Å². The van der Waals surface area contributed by atoms with Gasteiger partial charge in [-0.15, -0.1) is 11.3 Å². The predicted molar refractivity (Wildman–Crippen MR) is 52.8 cm³/mol. The van der Waals surface area contributed by atoms with Gasteiger partial charge in [0.2, 0.25) is 0 Å². The summed E-state index contributed by atoms with van der Waals surface area (Å²) in [7, 11) is 1.89. The van der Waals surface area contributed by atoms with E-state index in [1.807, 2.05) is 18.5 Å². The molecular formula is C8H8BrNS. The van der Waals surface area contributed by atoms with Gasteiger partial charge in [0.15, 0.2) is 0 Å². The summed E-state index contributed by atoms with van der Waals surface area (Å²) in [4.78, 5) is 1.10. The molecule has 1 N–H and O–H groups in total. The molecule has 0 amide bonds. The van der Waals surface area contributed by atoms with Crippen LogP contribution in [0, 0.1) is 11.8 Å². The van der Waals surface area contributed by atoms with E-state index in [0.29, 0.717) is 0 Å². The van der Waals surface area contributed by atoms with Crippen molar-refractivity contribution in [2.24, 2.45) is 0 Å². The first-order valence-electron chi connectivity index (χ1n) is 3.21. The van der Waals surface area contributed by atoms with Crippen LogP contribution >= 0.6 is 27.3 Å². The Morgan fingerprint density at radius 2 is 2.55 bits per heavy atom. The molecule has 0 atom stereocenters. The molecule has 11 heavy (non-hydrogen) atoms. The lowest BCUT2D eigenvalue weighted by molar-refractivity contribution is 0.938. The minimum atomic E-state index is 0.740. The van der Waals surface area contributed by atoms with Gasteiger partial charge in [0.05, 0.1) is 11.4 Å². The third-order valence-electron chi connectivity index (χ3n) is 1.08. The molecule has 1 rings (SSSR count). The van der Waals surface area contributed by atoms with Crippen LogP contribution in [0.2, 0.25) is 0 Å². The molecule has 1 nitrogen and oxygen atoms in total. The van der Waals surface area contributed by atoms with E-state index in [9.17, 15) is 0 Å². The van der Waals surface area contributed by atoms with Crippen LogP contribution in [-0.4, -0.2) is 13.6 Å². The first-order valence-corrected chi connectivity index (χ1v) is 4.88. The van der Waals surface area contributed by atoms with Crippen molar-refractivity contribution in [2.75, 3.05) is 13.6 Å². The minimum Gasteiger partial charge on any atom is -0.309 e. The number of hydrogen-bond acceptors (Lipinski definition) is 2. The largest absolute Gasteiger partial charge is 0.309 e. The molecule has 0 spiro atoms. The lowest BCUT2D eigenvalue weighted by Crippen LogP contribution is -2.04. The van der Waals surface area contributed by atoms with Gasteiger partial charge in [-0.25, -0.2) is 0 Å². The first kappa shape index (κ1) is 8.79. The van der Waals surface area contributed by atoms with Crippen molar-refractivity contribution in [1.29, 1.82) is 0 Å². The zero-order valence-electron chi connectivity index (χ0n) is 6.15. The highest BCUT2D eigenvalue weighted by Gasteiger charge is 1.94. The summed E-state index contributed by atoms with van der Waals surface area (Å²) >= 11 is 5.06. The average Bonchev–Trinajstić information content (AvgIpc) is 2.37. The summed E-state index contributed by atoms with van der Waals surface area (Å²) in [6, 6.07) is 2.01. The van der Waals surface area contributed by atoms with Crippen molar-refractivity contribution in [1.82, 2.24) is 5.32 Å².